The maximum absolute atomic E-state index is 12.1. The molecule has 0 aliphatic carbocycles. The summed E-state index contributed by atoms with van der Waals surface area (Å²) < 4.78 is 27.8. The maximum atomic E-state index is 12.1. The molecule has 0 spiro atoms. The van der Waals surface area contributed by atoms with E-state index < -0.39 is 9.84 Å². The number of amides is 1. The van der Waals surface area contributed by atoms with Crippen molar-refractivity contribution < 1.29 is 17.7 Å². The largest absolute Gasteiger partial charge is 0.338 e. The molecule has 0 unspecified atom stereocenters. The zero-order valence-electron chi connectivity index (χ0n) is 12.0. The molecule has 2 rings (SSSR count). The fourth-order valence-corrected chi connectivity index (χ4v) is 2.56. The number of nitrogens with zero attached hydrogens (tertiary/aromatic N) is 1. The first-order valence-electron chi connectivity index (χ1n) is 6.39. The smallest absolute Gasteiger partial charge is 0.258 e. The van der Waals surface area contributed by atoms with Gasteiger partial charge in [-0.2, -0.15) is 0 Å². The number of hydrogen-bond acceptors (Lipinski definition) is 5. The van der Waals surface area contributed by atoms with Crippen LogP contribution in [0.3, 0.4) is 0 Å². The molecule has 112 valence electrons. The number of sulfone groups is 1. The van der Waals surface area contributed by atoms with Gasteiger partial charge in [0, 0.05) is 17.4 Å². The molecule has 0 radical (unpaired) electrons. The van der Waals surface area contributed by atoms with Crippen LogP contribution in [-0.2, 0) is 16.3 Å². The number of carbonyl (C=O) groups is 1. The molecule has 2 aromatic rings. The van der Waals surface area contributed by atoms with Crippen molar-refractivity contribution in [2.24, 2.45) is 0 Å². The van der Waals surface area contributed by atoms with E-state index in [1.54, 1.807) is 6.92 Å². The van der Waals surface area contributed by atoms with Crippen LogP contribution in [-0.4, -0.2) is 25.7 Å². The second kappa shape index (κ2) is 5.69. The lowest BCUT2D eigenvalue weighted by Gasteiger charge is -2.04. The average molecular weight is 308 g/mol. The van der Waals surface area contributed by atoms with Crippen LogP contribution in [0.5, 0.6) is 0 Å². The number of benzene rings is 1. The molecule has 0 aliphatic heterocycles. The Labute approximate surface area is 123 Å². The van der Waals surface area contributed by atoms with E-state index in [1.165, 1.54) is 24.3 Å². The summed E-state index contributed by atoms with van der Waals surface area (Å²) >= 11 is 0. The van der Waals surface area contributed by atoms with E-state index >= 15 is 0 Å². The third-order valence-corrected chi connectivity index (χ3v) is 4.24. The van der Waals surface area contributed by atoms with Crippen LogP contribution in [0.1, 0.15) is 28.5 Å². The standard InChI is InChI=1S/C14H16N2O4S/c1-4-12-9(2)16-20-14(12)15-13(17)10-5-7-11(8-6-10)21(3,18)19/h5-8H,4H2,1-3H3,(H,15,17). The SMILES string of the molecule is CCc1c(C)noc1NC(=O)c1ccc(S(C)(=O)=O)cc1. The Bertz CT molecular complexity index is 761. The van der Waals surface area contributed by atoms with Gasteiger partial charge < -0.3 is 4.52 Å². The van der Waals surface area contributed by atoms with Gasteiger partial charge >= 0.3 is 0 Å². The number of anilines is 1. The summed E-state index contributed by atoms with van der Waals surface area (Å²) in [7, 11) is -3.27. The molecule has 21 heavy (non-hydrogen) atoms. The van der Waals surface area contributed by atoms with Crippen LogP contribution in [0, 0.1) is 6.92 Å². The third kappa shape index (κ3) is 3.30. The quantitative estimate of drug-likeness (QED) is 0.935. The predicted octanol–water partition coefficient (Wildman–Crippen LogP) is 2.20. The van der Waals surface area contributed by atoms with Crippen molar-refractivity contribution in [3.8, 4) is 0 Å². The minimum absolute atomic E-state index is 0.170. The van der Waals surface area contributed by atoms with Crippen molar-refractivity contribution in [3.63, 3.8) is 0 Å². The van der Waals surface area contributed by atoms with Crippen molar-refractivity contribution in [3.05, 3.63) is 41.1 Å². The first-order chi connectivity index (χ1) is 9.82. The molecule has 1 aromatic carbocycles. The fourth-order valence-electron chi connectivity index (χ4n) is 1.93. The van der Waals surface area contributed by atoms with Gasteiger partial charge in [0.05, 0.1) is 10.6 Å². The Hall–Kier alpha value is -2.15. The number of carbonyl (C=O) groups excluding carboxylic acids is 1. The van der Waals surface area contributed by atoms with E-state index in [0.717, 1.165) is 17.5 Å². The van der Waals surface area contributed by atoms with Crippen LogP contribution < -0.4 is 5.32 Å². The number of nitrogens with one attached hydrogen (secondary N) is 1. The second-order valence-electron chi connectivity index (χ2n) is 4.68. The van der Waals surface area contributed by atoms with Gasteiger partial charge in [0.1, 0.15) is 0 Å². The summed E-state index contributed by atoms with van der Waals surface area (Å²) in [5, 5.41) is 6.45. The summed E-state index contributed by atoms with van der Waals surface area (Å²) in [4.78, 5) is 12.3. The lowest BCUT2D eigenvalue weighted by Crippen LogP contribution is -2.12. The molecule has 1 N–H and O–H groups in total. The Kier molecular flexibility index (Phi) is 4.13. The van der Waals surface area contributed by atoms with Gasteiger partial charge in [0.15, 0.2) is 9.84 Å². The zero-order valence-corrected chi connectivity index (χ0v) is 12.8. The number of rotatable bonds is 4. The highest BCUT2D eigenvalue weighted by molar-refractivity contribution is 7.90. The van der Waals surface area contributed by atoms with Crippen molar-refractivity contribution in [1.29, 1.82) is 0 Å². The Morgan fingerprint density at radius 3 is 2.43 bits per heavy atom. The van der Waals surface area contributed by atoms with Crippen LogP contribution in [0.4, 0.5) is 5.88 Å². The molecular formula is C14H16N2O4S. The van der Waals surface area contributed by atoms with Gasteiger partial charge in [-0.05, 0) is 37.6 Å². The Balaban J connectivity index is 2.21. The molecule has 1 heterocycles. The molecule has 7 heteroatoms. The summed E-state index contributed by atoms with van der Waals surface area (Å²) in [6, 6.07) is 5.72. The summed E-state index contributed by atoms with van der Waals surface area (Å²) in [6.45, 7) is 3.75. The third-order valence-electron chi connectivity index (χ3n) is 3.11. The lowest BCUT2D eigenvalue weighted by atomic mass is 10.2. The Morgan fingerprint density at radius 1 is 1.29 bits per heavy atom. The Morgan fingerprint density at radius 2 is 1.90 bits per heavy atom. The van der Waals surface area contributed by atoms with E-state index in [9.17, 15) is 13.2 Å². The molecule has 0 aliphatic rings. The van der Waals surface area contributed by atoms with Crippen LogP contribution in [0.25, 0.3) is 0 Å². The number of aromatic nitrogens is 1. The highest BCUT2D eigenvalue weighted by Crippen LogP contribution is 2.20. The van der Waals surface area contributed by atoms with Crippen LogP contribution >= 0.6 is 0 Å². The van der Waals surface area contributed by atoms with E-state index in [4.69, 9.17) is 4.52 Å². The summed E-state index contributed by atoms with van der Waals surface area (Å²) in [5.74, 6) is -0.0481. The summed E-state index contributed by atoms with van der Waals surface area (Å²) in [6.07, 6.45) is 1.81. The highest BCUT2D eigenvalue weighted by Gasteiger charge is 2.15. The average Bonchev–Trinajstić information content (AvgIpc) is 2.78. The van der Waals surface area contributed by atoms with E-state index in [-0.39, 0.29) is 10.8 Å². The van der Waals surface area contributed by atoms with Gasteiger partial charge in [0.25, 0.3) is 5.91 Å². The number of hydrogen-bond donors (Lipinski definition) is 1. The topological polar surface area (TPSA) is 89.3 Å². The van der Waals surface area contributed by atoms with Crippen molar-refractivity contribution in [2.45, 2.75) is 25.2 Å². The normalized spacial score (nSPS) is 11.4. The van der Waals surface area contributed by atoms with Gasteiger partial charge in [0.2, 0.25) is 5.88 Å². The monoisotopic (exact) mass is 308 g/mol. The first-order valence-corrected chi connectivity index (χ1v) is 8.28. The van der Waals surface area contributed by atoms with Crippen molar-refractivity contribution >= 4 is 21.6 Å². The van der Waals surface area contributed by atoms with Gasteiger partial charge in [-0.15, -0.1) is 0 Å². The molecule has 0 saturated heterocycles. The summed E-state index contributed by atoms with van der Waals surface area (Å²) in [5.41, 5.74) is 1.93. The van der Waals surface area contributed by atoms with Crippen LogP contribution in [0.15, 0.2) is 33.7 Å². The highest BCUT2D eigenvalue weighted by atomic mass is 32.2. The molecule has 0 saturated carbocycles. The minimum Gasteiger partial charge on any atom is -0.338 e. The van der Waals surface area contributed by atoms with E-state index in [0.29, 0.717) is 17.9 Å². The van der Waals surface area contributed by atoms with E-state index in [1.807, 2.05) is 6.92 Å². The predicted molar refractivity (Wildman–Crippen MR) is 78.1 cm³/mol. The first kappa shape index (κ1) is 15.2. The molecule has 0 bridgehead atoms. The molecule has 0 fully saturated rings. The zero-order chi connectivity index (χ0) is 15.6. The van der Waals surface area contributed by atoms with Crippen molar-refractivity contribution in [2.75, 3.05) is 11.6 Å². The van der Waals surface area contributed by atoms with Gasteiger partial charge in [-0.1, -0.05) is 12.1 Å². The molecular weight excluding hydrogens is 292 g/mol. The van der Waals surface area contributed by atoms with Gasteiger partial charge in [-0.3, -0.25) is 10.1 Å². The number of aryl methyl sites for hydroxylation is 1. The molecule has 0 atom stereocenters. The molecule has 6 nitrogen and oxygen atoms in total. The molecule has 1 aromatic heterocycles. The maximum Gasteiger partial charge on any atom is 0.258 e. The van der Waals surface area contributed by atoms with Crippen LogP contribution in [0.2, 0.25) is 0 Å². The van der Waals surface area contributed by atoms with E-state index in [2.05, 4.69) is 10.5 Å². The minimum atomic E-state index is -3.27. The molecule has 1 amide bonds. The fraction of sp³-hybridized carbons (Fsp3) is 0.286. The van der Waals surface area contributed by atoms with Crippen molar-refractivity contribution in [1.82, 2.24) is 5.16 Å². The second-order valence-corrected chi connectivity index (χ2v) is 6.70. The lowest BCUT2D eigenvalue weighted by molar-refractivity contribution is 0.102. The van der Waals surface area contributed by atoms with Gasteiger partial charge in [-0.25, -0.2) is 8.42 Å².